The summed E-state index contributed by atoms with van der Waals surface area (Å²) in [6.07, 6.45) is 3.77. The molecule has 19 heavy (non-hydrogen) atoms. The SMILES string of the molecule is CCCC1(C(=O)OCc2cccc(Br)c2)CCCN1. The summed E-state index contributed by atoms with van der Waals surface area (Å²) in [5.74, 6) is -0.105. The zero-order valence-electron chi connectivity index (χ0n) is 11.2. The lowest BCUT2D eigenvalue weighted by molar-refractivity contribution is -0.152. The third-order valence-electron chi connectivity index (χ3n) is 3.57. The summed E-state index contributed by atoms with van der Waals surface area (Å²) in [6.45, 7) is 3.35. The van der Waals surface area contributed by atoms with Crippen molar-refractivity contribution in [3.05, 3.63) is 34.3 Å². The molecule has 1 aromatic rings. The molecule has 0 aliphatic carbocycles. The van der Waals surface area contributed by atoms with Gasteiger partial charge >= 0.3 is 5.97 Å². The normalized spacial score (nSPS) is 22.4. The first-order chi connectivity index (χ1) is 9.16. The van der Waals surface area contributed by atoms with Gasteiger partial charge in [-0.2, -0.15) is 0 Å². The van der Waals surface area contributed by atoms with Gasteiger partial charge in [0.2, 0.25) is 0 Å². The van der Waals surface area contributed by atoms with Gasteiger partial charge in [0.1, 0.15) is 12.1 Å². The Hall–Kier alpha value is -0.870. The maximum absolute atomic E-state index is 12.3. The van der Waals surface area contributed by atoms with Crippen LogP contribution in [0.3, 0.4) is 0 Å². The van der Waals surface area contributed by atoms with Crippen molar-refractivity contribution in [2.45, 2.75) is 44.8 Å². The number of esters is 1. The number of hydrogen-bond acceptors (Lipinski definition) is 3. The van der Waals surface area contributed by atoms with Crippen molar-refractivity contribution < 1.29 is 9.53 Å². The van der Waals surface area contributed by atoms with Gasteiger partial charge in [-0.1, -0.05) is 41.4 Å². The highest BCUT2D eigenvalue weighted by Crippen LogP contribution is 2.26. The molecule has 3 nitrogen and oxygen atoms in total. The average molecular weight is 326 g/mol. The van der Waals surface area contributed by atoms with E-state index in [1.807, 2.05) is 24.3 Å². The lowest BCUT2D eigenvalue weighted by atomic mass is 9.92. The van der Waals surface area contributed by atoms with Crippen LogP contribution >= 0.6 is 15.9 Å². The standard InChI is InChI=1S/C15H20BrNO2/c1-2-7-15(8-4-9-17-15)14(18)19-11-12-5-3-6-13(16)10-12/h3,5-6,10,17H,2,4,7-9,11H2,1H3. The van der Waals surface area contributed by atoms with E-state index in [0.717, 1.165) is 42.3 Å². The van der Waals surface area contributed by atoms with Gasteiger partial charge in [-0.05, 0) is 43.5 Å². The molecule has 1 aliphatic rings. The minimum Gasteiger partial charge on any atom is -0.459 e. The van der Waals surface area contributed by atoms with Gasteiger partial charge in [-0.15, -0.1) is 0 Å². The van der Waals surface area contributed by atoms with Crippen LogP contribution in [0.5, 0.6) is 0 Å². The Morgan fingerprint density at radius 1 is 1.53 bits per heavy atom. The minimum atomic E-state index is -0.444. The van der Waals surface area contributed by atoms with Crippen LogP contribution in [0.1, 0.15) is 38.2 Å². The smallest absolute Gasteiger partial charge is 0.326 e. The molecule has 1 atom stereocenters. The number of hydrogen-bond donors (Lipinski definition) is 1. The van der Waals surface area contributed by atoms with Gasteiger partial charge in [0, 0.05) is 4.47 Å². The summed E-state index contributed by atoms with van der Waals surface area (Å²) >= 11 is 3.42. The fourth-order valence-corrected chi connectivity index (χ4v) is 3.08. The van der Waals surface area contributed by atoms with Crippen molar-refractivity contribution in [1.29, 1.82) is 0 Å². The maximum Gasteiger partial charge on any atom is 0.326 e. The Bertz CT molecular complexity index is 442. The van der Waals surface area contributed by atoms with E-state index in [9.17, 15) is 4.79 Å². The maximum atomic E-state index is 12.3. The predicted molar refractivity (Wildman–Crippen MR) is 78.8 cm³/mol. The zero-order valence-corrected chi connectivity index (χ0v) is 12.8. The van der Waals surface area contributed by atoms with E-state index in [-0.39, 0.29) is 5.97 Å². The molecule has 1 N–H and O–H groups in total. The number of carbonyl (C=O) groups is 1. The summed E-state index contributed by atoms with van der Waals surface area (Å²) < 4.78 is 6.50. The van der Waals surface area contributed by atoms with Gasteiger partial charge in [-0.25, -0.2) is 0 Å². The third kappa shape index (κ3) is 3.57. The molecule has 0 bridgehead atoms. The van der Waals surface area contributed by atoms with Crippen molar-refractivity contribution in [3.63, 3.8) is 0 Å². The molecular weight excluding hydrogens is 306 g/mol. The van der Waals surface area contributed by atoms with Crippen LogP contribution in [0.2, 0.25) is 0 Å². The van der Waals surface area contributed by atoms with Crippen molar-refractivity contribution in [2.24, 2.45) is 0 Å². The van der Waals surface area contributed by atoms with E-state index in [2.05, 4.69) is 28.2 Å². The summed E-state index contributed by atoms with van der Waals surface area (Å²) in [7, 11) is 0. The molecule has 0 amide bonds. The van der Waals surface area contributed by atoms with E-state index < -0.39 is 5.54 Å². The summed E-state index contributed by atoms with van der Waals surface area (Å²) in [5.41, 5.74) is 0.563. The molecule has 0 spiro atoms. The quantitative estimate of drug-likeness (QED) is 0.843. The van der Waals surface area contributed by atoms with Crippen LogP contribution in [-0.2, 0) is 16.1 Å². The fraction of sp³-hybridized carbons (Fsp3) is 0.533. The molecule has 0 aromatic heterocycles. The highest BCUT2D eigenvalue weighted by molar-refractivity contribution is 9.10. The molecule has 0 saturated carbocycles. The molecule has 2 rings (SSSR count). The van der Waals surface area contributed by atoms with E-state index in [1.54, 1.807) is 0 Å². The largest absolute Gasteiger partial charge is 0.459 e. The Balaban J connectivity index is 1.96. The van der Waals surface area contributed by atoms with Gasteiger partial charge in [0.15, 0.2) is 0 Å². The van der Waals surface area contributed by atoms with E-state index >= 15 is 0 Å². The highest BCUT2D eigenvalue weighted by Gasteiger charge is 2.41. The second-order valence-corrected chi connectivity index (χ2v) is 5.98. The second kappa shape index (κ2) is 6.53. The van der Waals surface area contributed by atoms with Crippen LogP contribution in [0.25, 0.3) is 0 Å². The molecule has 1 saturated heterocycles. The summed E-state index contributed by atoms with van der Waals surface area (Å²) in [4.78, 5) is 12.3. The lowest BCUT2D eigenvalue weighted by Gasteiger charge is -2.26. The first kappa shape index (κ1) is 14.5. The van der Waals surface area contributed by atoms with E-state index in [1.165, 1.54) is 0 Å². The first-order valence-electron chi connectivity index (χ1n) is 6.83. The summed E-state index contributed by atoms with van der Waals surface area (Å²) in [6, 6.07) is 7.85. The van der Waals surface area contributed by atoms with Crippen LogP contribution in [0, 0.1) is 0 Å². The molecule has 0 radical (unpaired) electrons. The third-order valence-corrected chi connectivity index (χ3v) is 4.06. The van der Waals surface area contributed by atoms with Gasteiger partial charge in [0.05, 0.1) is 0 Å². The number of ether oxygens (including phenoxy) is 1. The van der Waals surface area contributed by atoms with Crippen molar-refractivity contribution in [2.75, 3.05) is 6.54 Å². The van der Waals surface area contributed by atoms with Crippen molar-refractivity contribution in [1.82, 2.24) is 5.32 Å². The van der Waals surface area contributed by atoms with E-state index in [0.29, 0.717) is 6.61 Å². The number of benzene rings is 1. The Kier molecular flexibility index (Phi) is 4.99. The molecular formula is C15H20BrNO2. The molecule has 4 heteroatoms. The summed E-state index contributed by atoms with van der Waals surface area (Å²) in [5, 5.41) is 3.33. The van der Waals surface area contributed by atoms with Crippen LogP contribution in [0.4, 0.5) is 0 Å². The molecule has 1 fully saturated rings. The number of halogens is 1. The van der Waals surface area contributed by atoms with Crippen molar-refractivity contribution >= 4 is 21.9 Å². The van der Waals surface area contributed by atoms with Crippen LogP contribution in [0.15, 0.2) is 28.7 Å². The number of carbonyl (C=O) groups excluding carboxylic acids is 1. The Morgan fingerprint density at radius 2 is 2.37 bits per heavy atom. The molecule has 104 valence electrons. The number of rotatable bonds is 5. The van der Waals surface area contributed by atoms with Gasteiger partial charge < -0.3 is 10.1 Å². The zero-order chi connectivity index (χ0) is 13.7. The second-order valence-electron chi connectivity index (χ2n) is 5.07. The van der Waals surface area contributed by atoms with Gasteiger partial charge in [-0.3, -0.25) is 4.79 Å². The Labute approximate surface area is 122 Å². The monoisotopic (exact) mass is 325 g/mol. The predicted octanol–water partition coefficient (Wildman–Crippen LogP) is 3.41. The minimum absolute atomic E-state index is 0.105. The number of nitrogens with one attached hydrogen (secondary N) is 1. The van der Waals surface area contributed by atoms with Crippen LogP contribution in [-0.4, -0.2) is 18.1 Å². The Morgan fingerprint density at radius 3 is 3.00 bits per heavy atom. The van der Waals surface area contributed by atoms with E-state index in [4.69, 9.17) is 4.74 Å². The average Bonchev–Trinajstić information content (AvgIpc) is 2.86. The molecule has 1 heterocycles. The first-order valence-corrected chi connectivity index (χ1v) is 7.62. The fourth-order valence-electron chi connectivity index (χ4n) is 2.64. The van der Waals surface area contributed by atoms with Crippen molar-refractivity contribution in [3.8, 4) is 0 Å². The van der Waals surface area contributed by atoms with Gasteiger partial charge in [0.25, 0.3) is 0 Å². The lowest BCUT2D eigenvalue weighted by Crippen LogP contribution is -2.48. The molecule has 1 aromatic carbocycles. The molecule has 1 unspecified atom stereocenters. The topological polar surface area (TPSA) is 38.3 Å². The molecule has 1 aliphatic heterocycles. The highest BCUT2D eigenvalue weighted by atomic mass is 79.9. The van der Waals surface area contributed by atoms with Crippen LogP contribution < -0.4 is 5.32 Å².